The van der Waals surface area contributed by atoms with Gasteiger partial charge in [-0.2, -0.15) is 0 Å². The van der Waals surface area contributed by atoms with E-state index in [-0.39, 0.29) is 71.8 Å². The van der Waals surface area contributed by atoms with Gasteiger partial charge in [0, 0.05) is 43.9 Å². The Bertz CT molecular complexity index is 4000. The van der Waals surface area contributed by atoms with Crippen LogP contribution < -0.4 is 0 Å². The van der Waals surface area contributed by atoms with Gasteiger partial charge in [-0.05, 0) is 149 Å². The third-order valence-corrected chi connectivity index (χ3v) is 12.2. The van der Waals surface area contributed by atoms with Gasteiger partial charge in [-0.3, -0.25) is 19.4 Å². The van der Waals surface area contributed by atoms with Crippen molar-refractivity contribution in [1.82, 2.24) is 19.9 Å². The van der Waals surface area contributed by atoms with Gasteiger partial charge >= 0.3 is 35.8 Å². The summed E-state index contributed by atoms with van der Waals surface area (Å²) in [6.45, 7) is 21.7. The third-order valence-electron chi connectivity index (χ3n) is 11.7. The Labute approximate surface area is 554 Å². The van der Waals surface area contributed by atoms with Crippen molar-refractivity contribution < 1.29 is 94.3 Å². The van der Waals surface area contributed by atoms with E-state index in [4.69, 9.17) is 36.9 Å². The molecule has 0 bridgehead atoms. The summed E-state index contributed by atoms with van der Waals surface area (Å²) in [5, 5.41) is 10.2. The Morgan fingerprint density at radius 3 is 1.35 bits per heavy atom. The average molecular weight is 1370 g/mol. The first-order valence-electron chi connectivity index (χ1n) is 29.2. The SMILES string of the molecule is CC(=O)c1cccc(Br)c1.CCOC(=O)c1cnc(-c2cccc(C(C)=O)c2)o1.CCOC(=O)c1cnc(-c2cccc(C(O)=CC(=O)C(=O)OC(C)(C)C)c2)o1.CCOC(=O)c1cnc(-c2cccc(C3=CC(C(=O)OC(C)(C)C)=NC3)c2)o1.CCOC(=O)c1cnco1. The number of aliphatic imine (C=N–C) groups is 1. The van der Waals surface area contributed by atoms with Crippen LogP contribution in [-0.4, -0.2) is 128 Å². The number of halogens is 1. The minimum Gasteiger partial charge on any atom is -0.507 e. The second-order valence-corrected chi connectivity index (χ2v) is 22.4. The average Bonchev–Trinajstić information content (AvgIpc) is 1.77. The molecule has 4 aromatic heterocycles. The van der Waals surface area contributed by atoms with E-state index in [1.165, 1.54) is 50.2 Å². The van der Waals surface area contributed by atoms with Crippen molar-refractivity contribution in [2.24, 2.45) is 4.99 Å². The fourth-order valence-corrected chi connectivity index (χ4v) is 7.92. The maximum absolute atomic E-state index is 12.2. The van der Waals surface area contributed by atoms with Crippen molar-refractivity contribution in [1.29, 1.82) is 0 Å². The zero-order chi connectivity index (χ0) is 70.0. The number of nitrogens with zero attached hydrogens (tertiary/aromatic N) is 5. The summed E-state index contributed by atoms with van der Waals surface area (Å²) in [6, 6.07) is 28.0. The molecule has 1 N–H and O–H groups in total. The molecule has 9 rings (SSSR count). The molecule has 0 unspecified atom stereocenters. The number of hydrogen-bond donors (Lipinski definition) is 1. The number of benzene rings is 4. The molecule has 0 amide bonds. The molecule has 26 heteroatoms. The first-order valence-corrected chi connectivity index (χ1v) is 30.0. The molecule has 0 atom stereocenters. The highest BCUT2D eigenvalue weighted by molar-refractivity contribution is 9.10. The fourth-order valence-electron chi connectivity index (χ4n) is 7.52. The number of carbonyl (C=O) groups is 9. The van der Waals surface area contributed by atoms with Crippen LogP contribution in [0.5, 0.6) is 0 Å². The smallest absolute Gasteiger partial charge is 0.379 e. The third kappa shape index (κ3) is 24.2. The van der Waals surface area contributed by atoms with Gasteiger partial charge in [0.05, 0.1) is 57.8 Å². The van der Waals surface area contributed by atoms with Crippen molar-refractivity contribution in [3.8, 4) is 34.4 Å². The molecule has 1 aliphatic heterocycles. The van der Waals surface area contributed by atoms with Gasteiger partial charge in [0.25, 0.3) is 5.78 Å². The van der Waals surface area contributed by atoms with E-state index in [0.717, 1.165) is 27.2 Å². The van der Waals surface area contributed by atoms with Gasteiger partial charge in [0.15, 0.2) is 18.0 Å². The topological polar surface area (TPSA) is 346 Å². The van der Waals surface area contributed by atoms with Crippen molar-refractivity contribution in [3.63, 3.8) is 0 Å². The first-order chi connectivity index (χ1) is 45.0. The molecule has 95 heavy (non-hydrogen) atoms. The lowest BCUT2D eigenvalue weighted by Crippen LogP contribution is -2.28. The van der Waals surface area contributed by atoms with Gasteiger partial charge in [0.2, 0.25) is 40.7 Å². The van der Waals surface area contributed by atoms with Crippen LogP contribution in [0.1, 0.15) is 157 Å². The van der Waals surface area contributed by atoms with E-state index in [1.807, 2.05) is 63.2 Å². The molecule has 0 aliphatic carbocycles. The largest absolute Gasteiger partial charge is 0.507 e. The molecule has 0 saturated heterocycles. The van der Waals surface area contributed by atoms with Crippen LogP contribution in [0.4, 0.5) is 0 Å². The molecule has 0 saturated carbocycles. The molecule has 8 aromatic rings. The maximum Gasteiger partial charge on any atom is 0.379 e. The van der Waals surface area contributed by atoms with Crippen molar-refractivity contribution in [2.75, 3.05) is 33.0 Å². The number of Topliss-reactive ketones (excluding diaryl/α,β-unsaturated/α-hetero) is 2. The number of hydrogen-bond acceptors (Lipinski definition) is 25. The first kappa shape index (κ1) is 74.7. The van der Waals surface area contributed by atoms with Crippen molar-refractivity contribution in [3.05, 3.63) is 190 Å². The molecule has 1 aliphatic rings. The highest BCUT2D eigenvalue weighted by Crippen LogP contribution is 2.28. The fraction of sp³-hybridized carbons (Fsp3) is 0.275. The van der Waals surface area contributed by atoms with Crippen LogP contribution in [0, 0.1) is 0 Å². The van der Waals surface area contributed by atoms with Crippen LogP contribution in [0.3, 0.4) is 0 Å². The maximum atomic E-state index is 12.2. The number of carbonyl (C=O) groups excluding carboxylic acids is 9. The Morgan fingerprint density at radius 1 is 0.516 bits per heavy atom. The number of aliphatic hydroxyl groups excluding tert-OH is 1. The standard InChI is InChI=1S/C21H22N2O5.C20H21NO7.C14H13NO4.C8H7BrO.C6H7NO3/c1-5-26-20(25)17-12-23-18(27-17)14-8-6-7-13(9-14)15-10-16(22-11-15)19(24)28-21(2,3)4;1-5-26-19(25)16-11-21-17(27-16)13-8-6-7-12(9-13)14(22)10-15(23)18(24)28-20(2,3)4;1-3-18-14(17)12-8-15-13(19-12)11-6-4-5-10(7-11)9(2)16;1-6(10)7-3-2-4-8(9)5-7;1-2-9-6(8)5-3-7-4-10-5/h6-10,12H,5,11H2,1-4H3;6-11,22H,5H2,1-4H3;4-8H,3H2,1-2H3;2-5H,1H3;3-4H,2H2,1H3. The lowest BCUT2D eigenvalue weighted by atomic mass is 10.0. The number of ketones is 3. The summed E-state index contributed by atoms with van der Waals surface area (Å²) in [5.41, 5.74) is 4.05. The minimum absolute atomic E-state index is 0.0426. The highest BCUT2D eigenvalue weighted by atomic mass is 79.9. The number of oxazole rings is 4. The summed E-state index contributed by atoms with van der Waals surface area (Å²) < 4.78 is 51.3. The monoisotopic (exact) mass is 1370 g/mol. The normalized spacial score (nSPS) is 11.5. The molecule has 25 nitrogen and oxygen atoms in total. The molecule has 0 radical (unpaired) electrons. The van der Waals surface area contributed by atoms with E-state index >= 15 is 0 Å². The molecular weight excluding hydrogens is 1300 g/mol. The van der Waals surface area contributed by atoms with Gasteiger partial charge in [-0.25, -0.2) is 48.7 Å². The van der Waals surface area contributed by atoms with Crippen LogP contribution >= 0.6 is 15.9 Å². The summed E-state index contributed by atoms with van der Waals surface area (Å²) in [6.07, 6.45) is 8.91. The van der Waals surface area contributed by atoms with E-state index in [2.05, 4.69) is 50.0 Å². The van der Waals surface area contributed by atoms with Crippen LogP contribution in [-0.2, 0) is 42.8 Å². The van der Waals surface area contributed by atoms with E-state index in [0.29, 0.717) is 47.0 Å². The van der Waals surface area contributed by atoms with E-state index < -0.39 is 58.6 Å². The van der Waals surface area contributed by atoms with Crippen molar-refractivity contribution >= 4 is 86.1 Å². The second kappa shape index (κ2) is 35.7. The molecule has 4 aromatic carbocycles. The Balaban J connectivity index is 0.000000228. The quantitative estimate of drug-likeness (QED) is 0.0208. The number of aliphatic hydroxyl groups is 1. The lowest BCUT2D eigenvalue weighted by Gasteiger charge is -2.18. The van der Waals surface area contributed by atoms with Gasteiger partial charge < -0.3 is 51.2 Å². The van der Waals surface area contributed by atoms with Gasteiger partial charge in [-0.15, -0.1) is 0 Å². The van der Waals surface area contributed by atoms with Crippen LogP contribution in [0.2, 0.25) is 0 Å². The summed E-state index contributed by atoms with van der Waals surface area (Å²) in [5.74, 6) is -4.15. The van der Waals surface area contributed by atoms with E-state index in [1.54, 1.807) is 104 Å². The number of aromatic nitrogens is 4. The zero-order valence-corrected chi connectivity index (χ0v) is 55.7. The summed E-state index contributed by atoms with van der Waals surface area (Å²) >= 11 is 3.28. The highest BCUT2D eigenvalue weighted by Gasteiger charge is 2.25. The molecule has 5 heterocycles. The molecule has 0 fully saturated rings. The van der Waals surface area contributed by atoms with Gasteiger partial charge in [-0.1, -0.05) is 64.5 Å². The summed E-state index contributed by atoms with van der Waals surface area (Å²) in [4.78, 5) is 124. The Kier molecular flexibility index (Phi) is 28.1. The Morgan fingerprint density at radius 2 is 0.926 bits per heavy atom. The molecule has 0 spiro atoms. The zero-order valence-electron chi connectivity index (χ0n) is 54.1. The van der Waals surface area contributed by atoms with Crippen LogP contribution in [0.25, 0.3) is 45.7 Å². The minimum atomic E-state index is -1.07. The van der Waals surface area contributed by atoms with E-state index in [9.17, 15) is 48.3 Å². The molecule has 498 valence electrons. The second-order valence-electron chi connectivity index (χ2n) is 21.5. The van der Waals surface area contributed by atoms with Crippen LogP contribution in [0.15, 0.2) is 168 Å². The lowest BCUT2D eigenvalue weighted by molar-refractivity contribution is -0.160. The number of ether oxygens (including phenoxy) is 6. The molecular formula is C69H70BrN5O20. The predicted molar refractivity (Wildman–Crippen MR) is 348 cm³/mol. The predicted octanol–water partition coefficient (Wildman–Crippen LogP) is 13.2. The van der Waals surface area contributed by atoms with Crippen molar-refractivity contribution in [2.45, 2.75) is 94.3 Å². The number of esters is 6. The summed E-state index contributed by atoms with van der Waals surface area (Å²) in [7, 11) is 0. The van der Waals surface area contributed by atoms with Gasteiger partial charge in [0.1, 0.15) is 22.7 Å². The number of rotatable bonds is 18. The Hall–Kier alpha value is -11.0.